The van der Waals surface area contributed by atoms with E-state index in [1.165, 1.54) is 0 Å². The minimum atomic E-state index is -0.392. The summed E-state index contributed by atoms with van der Waals surface area (Å²) in [6, 6.07) is 7.52. The minimum Gasteiger partial charge on any atom is -0.340 e. The summed E-state index contributed by atoms with van der Waals surface area (Å²) in [5.74, 6) is -0.0116. The third kappa shape index (κ3) is 5.06. The topological polar surface area (TPSA) is 46.3 Å². The lowest BCUT2D eigenvalue weighted by atomic mass is 10.2. The highest BCUT2D eigenvalue weighted by molar-refractivity contribution is 9.10. The Bertz CT molecular complexity index is 373. The Hall–Kier alpha value is -0.580. The fourth-order valence-corrected chi connectivity index (χ4v) is 1.89. The third-order valence-corrected chi connectivity index (χ3v) is 2.94. The van der Waals surface area contributed by atoms with Gasteiger partial charge in [-0.05, 0) is 24.1 Å². The second-order valence-electron chi connectivity index (χ2n) is 3.84. The van der Waals surface area contributed by atoms with Gasteiger partial charge in [0.15, 0.2) is 0 Å². The van der Waals surface area contributed by atoms with Crippen molar-refractivity contribution in [1.29, 1.82) is 0 Å². The number of carbonyl (C=O) groups is 1. The van der Waals surface area contributed by atoms with Gasteiger partial charge in [-0.2, -0.15) is 0 Å². The van der Waals surface area contributed by atoms with Crippen molar-refractivity contribution in [2.24, 2.45) is 5.73 Å². The molecule has 17 heavy (non-hydrogen) atoms. The van der Waals surface area contributed by atoms with Crippen LogP contribution in [0.25, 0.3) is 0 Å². The lowest BCUT2D eigenvalue weighted by molar-refractivity contribution is -0.131. The monoisotopic (exact) mass is 320 g/mol. The van der Waals surface area contributed by atoms with Gasteiger partial charge in [-0.15, -0.1) is 12.4 Å². The highest BCUT2D eigenvalue weighted by atomic mass is 79.9. The molecule has 0 spiro atoms. The van der Waals surface area contributed by atoms with Crippen molar-refractivity contribution < 1.29 is 4.79 Å². The van der Waals surface area contributed by atoms with Gasteiger partial charge in [0.1, 0.15) is 0 Å². The molecule has 0 aliphatic heterocycles. The maximum absolute atomic E-state index is 11.8. The van der Waals surface area contributed by atoms with Gasteiger partial charge < -0.3 is 10.6 Å². The van der Waals surface area contributed by atoms with Crippen LogP contribution in [-0.2, 0) is 11.3 Å². The Kier molecular flexibility index (Phi) is 7.43. The summed E-state index contributed by atoms with van der Waals surface area (Å²) in [6.45, 7) is 2.50. The number of nitrogens with zero attached hydrogens (tertiary/aromatic N) is 1. The van der Waals surface area contributed by atoms with Crippen molar-refractivity contribution >= 4 is 34.2 Å². The quantitative estimate of drug-likeness (QED) is 0.926. The largest absolute Gasteiger partial charge is 0.340 e. The minimum absolute atomic E-state index is 0. The first-order valence-electron chi connectivity index (χ1n) is 5.29. The molecular weight excluding hydrogens is 304 g/mol. The van der Waals surface area contributed by atoms with Gasteiger partial charge in [0, 0.05) is 18.1 Å². The molecule has 1 rings (SSSR count). The summed E-state index contributed by atoms with van der Waals surface area (Å²) in [5, 5.41) is 0. The van der Waals surface area contributed by atoms with E-state index in [9.17, 15) is 4.79 Å². The Morgan fingerprint density at radius 3 is 2.71 bits per heavy atom. The van der Waals surface area contributed by atoms with Gasteiger partial charge >= 0.3 is 0 Å². The van der Waals surface area contributed by atoms with Gasteiger partial charge in [-0.25, -0.2) is 0 Å². The van der Waals surface area contributed by atoms with Crippen molar-refractivity contribution in [1.82, 2.24) is 4.90 Å². The van der Waals surface area contributed by atoms with E-state index in [2.05, 4.69) is 15.9 Å². The highest BCUT2D eigenvalue weighted by Gasteiger charge is 2.15. The van der Waals surface area contributed by atoms with Crippen LogP contribution in [0.1, 0.15) is 18.9 Å². The highest BCUT2D eigenvalue weighted by Crippen LogP contribution is 2.13. The Morgan fingerprint density at radius 1 is 1.53 bits per heavy atom. The number of carbonyl (C=O) groups excluding carboxylic acids is 1. The summed E-state index contributed by atoms with van der Waals surface area (Å²) in [5.41, 5.74) is 6.79. The molecule has 0 fully saturated rings. The lowest BCUT2D eigenvalue weighted by Crippen LogP contribution is -2.40. The molecule has 1 atom stereocenters. The van der Waals surface area contributed by atoms with E-state index in [1.54, 1.807) is 11.9 Å². The van der Waals surface area contributed by atoms with Crippen LogP contribution < -0.4 is 5.73 Å². The molecule has 0 radical (unpaired) electrons. The van der Waals surface area contributed by atoms with E-state index < -0.39 is 6.04 Å². The van der Waals surface area contributed by atoms with Crippen LogP contribution in [0.2, 0.25) is 0 Å². The van der Waals surface area contributed by atoms with E-state index >= 15 is 0 Å². The number of nitrogens with two attached hydrogens (primary N) is 1. The number of halogens is 2. The average Bonchev–Trinajstić information content (AvgIpc) is 2.27. The van der Waals surface area contributed by atoms with Crippen LogP contribution in [0, 0.1) is 0 Å². The summed E-state index contributed by atoms with van der Waals surface area (Å²) >= 11 is 3.40. The van der Waals surface area contributed by atoms with Gasteiger partial charge in [-0.3, -0.25) is 4.79 Å². The third-order valence-electron chi connectivity index (χ3n) is 2.44. The summed E-state index contributed by atoms with van der Waals surface area (Å²) in [6.07, 6.45) is 0.668. The first kappa shape index (κ1) is 16.4. The van der Waals surface area contributed by atoms with Gasteiger partial charge in [0.05, 0.1) is 6.04 Å². The maximum atomic E-state index is 11.8. The fraction of sp³-hybridized carbons (Fsp3) is 0.417. The standard InChI is InChI=1S/C12H17BrN2O.ClH/c1-3-11(14)12(16)15(2)8-9-5-4-6-10(13)7-9;/h4-7,11H,3,8,14H2,1-2H3;1H/t11-;/m0./s1. The first-order chi connectivity index (χ1) is 7.54. The van der Waals surface area contributed by atoms with Crippen molar-refractivity contribution in [2.75, 3.05) is 7.05 Å². The number of benzene rings is 1. The molecular formula is C12H18BrClN2O. The molecule has 0 saturated heterocycles. The predicted octanol–water partition coefficient (Wildman–Crippen LogP) is 2.57. The Labute approximate surface area is 117 Å². The fourth-order valence-electron chi connectivity index (χ4n) is 1.44. The Balaban J connectivity index is 0.00000256. The molecule has 0 saturated carbocycles. The second kappa shape index (κ2) is 7.69. The number of likely N-dealkylation sites (N-methyl/N-ethyl adjacent to an activating group) is 1. The zero-order valence-corrected chi connectivity index (χ0v) is 12.4. The van der Waals surface area contributed by atoms with Crippen molar-refractivity contribution in [3.05, 3.63) is 34.3 Å². The number of amides is 1. The van der Waals surface area contributed by atoms with Crippen LogP contribution in [-0.4, -0.2) is 23.9 Å². The summed E-state index contributed by atoms with van der Waals surface area (Å²) in [4.78, 5) is 13.4. The SMILES string of the molecule is CC[C@H](N)C(=O)N(C)Cc1cccc(Br)c1.Cl. The molecule has 0 heterocycles. The molecule has 1 aromatic carbocycles. The van der Waals surface area contributed by atoms with E-state index in [0.717, 1.165) is 10.0 Å². The van der Waals surface area contributed by atoms with Crippen molar-refractivity contribution in [2.45, 2.75) is 25.9 Å². The van der Waals surface area contributed by atoms with Crippen LogP contribution in [0.5, 0.6) is 0 Å². The first-order valence-corrected chi connectivity index (χ1v) is 6.09. The molecule has 0 aliphatic rings. The van der Waals surface area contributed by atoms with Gasteiger partial charge in [-0.1, -0.05) is 35.0 Å². The van der Waals surface area contributed by atoms with E-state index in [1.807, 2.05) is 31.2 Å². The van der Waals surface area contributed by atoms with Crippen molar-refractivity contribution in [3.63, 3.8) is 0 Å². The van der Waals surface area contributed by atoms with Crippen LogP contribution >= 0.6 is 28.3 Å². The van der Waals surface area contributed by atoms with Gasteiger partial charge in [0.25, 0.3) is 0 Å². The molecule has 0 aliphatic carbocycles. The molecule has 0 unspecified atom stereocenters. The maximum Gasteiger partial charge on any atom is 0.239 e. The normalized spacial score (nSPS) is 11.5. The molecule has 0 aromatic heterocycles. The molecule has 1 amide bonds. The van der Waals surface area contributed by atoms with Crippen LogP contribution in [0.15, 0.2) is 28.7 Å². The van der Waals surface area contributed by atoms with Crippen LogP contribution in [0.4, 0.5) is 0 Å². The zero-order valence-electron chi connectivity index (χ0n) is 10.0. The zero-order chi connectivity index (χ0) is 12.1. The summed E-state index contributed by atoms with van der Waals surface area (Å²) in [7, 11) is 1.78. The molecule has 1 aromatic rings. The number of rotatable bonds is 4. The van der Waals surface area contributed by atoms with Crippen molar-refractivity contribution in [3.8, 4) is 0 Å². The van der Waals surface area contributed by atoms with Crippen LogP contribution in [0.3, 0.4) is 0 Å². The number of hydrogen-bond acceptors (Lipinski definition) is 2. The van der Waals surface area contributed by atoms with E-state index in [4.69, 9.17) is 5.73 Å². The molecule has 0 bridgehead atoms. The predicted molar refractivity (Wildman–Crippen MR) is 76.1 cm³/mol. The van der Waals surface area contributed by atoms with Gasteiger partial charge in [0.2, 0.25) is 5.91 Å². The Morgan fingerprint density at radius 2 is 2.18 bits per heavy atom. The van der Waals surface area contributed by atoms with E-state index in [0.29, 0.717) is 13.0 Å². The molecule has 96 valence electrons. The lowest BCUT2D eigenvalue weighted by Gasteiger charge is -2.20. The smallest absolute Gasteiger partial charge is 0.239 e. The number of hydrogen-bond donors (Lipinski definition) is 1. The average molecular weight is 322 g/mol. The summed E-state index contributed by atoms with van der Waals surface area (Å²) < 4.78 is 1.02. The molecule has 2 N–H and O–H groups in total. The second-order valence-corrected chi connectivity index (χ2v) is 4.75. The van der Waals surface area contributed by atoms with E-state index in [-0.39, 0.29) is 18.3 Å². The molecule has 5 heteroatoms. The molecule has 3 nitrogen and oxygen atoms in total.